The number of urea groups is 1. The molecular weight excluding hydrogens is 422 g/mol. The molecule has 6 nitrogen and oxygen atoms in total. The molecule has 0 saturated carbocycles. The summed E-state index contributed by atoms with van der Waals surface area (Å²) in [4.78, 5) is 42.5. The molecule has 1 fully saturated rings. The largest absolute Gasteiger partial charge is 0.332 e. The lowest BCUT2D eigenvalue weighted by atomic mass is 10.1. The van der Waals surface area contributed by atoms with E-state index in [1.165, 1.54) is 16.2 Å². The van der Waals surface area contributed by atoms with Crippen molar-refractivity contribution in [3.63, 3.8) is 0 Å². The zero-order valence-corrected chi connectivity index (χ0v) is 17.4. The van der Waals surface area contributed by atoms with Gasteiger partial charge in [-0.15, -0.1) is 11.3 Å². The van der Waals surface area contributed by atoms with E-state index < -0.39 is 18.0 Å². The second-order valence-corrected chi connectivity index (χ2v) is 8.24. The third kappa shape index (κ3) is 4.22. The number of benzene rings is 2. The predicted octanol–water partition coefficient (Wildman–Crippen LogP) is 4.77. The fraction of sp³-hybridized carbons (Fsp3) is 0.136. The van der Waals surface area contributed by atoms with Crippen LogP contribution in [-0.2, 0) is 16.1 Å². The quantitative estimate of drug-likeness (QED) is 0.562. The summed E-state index contributed by atoms with van der Waals surface area (Å²) in [5.74, 6) is -0.761. The highest BCUT2D eigenvalue weighted by Gasteiger charge is 2.46. The van der Waals surface area contributed by atoms with Gasteiger partial charge in [0, 0.05) is 15.6 Å². The molecule has 1 atom stereocenters. The number of imide groups is 1. The first-order chi connectivity index (χ1) is 14.5. The average Bonchev–Trinajstić information content (AvgIpc) is 3.33. The number of hydrogen-bond acceptors (Lipinski definition) is 4. The molecule has 3 aromatic rings. The molecule has 0 spiro atoms. The van der Waals surface area contributed by atoms with Crippen molar-refractivity contribution >= 4 is 52.2 Å². The lowest BCUT2D eigenvalue weighted by Gasteiger charge is -2.21. The first-order valence-electron chi connectivity index (χ1n) is 9.30. The maximum Gasteiger partial charge on any atom is 0.332 e. The van der Waals surface area contributed by atoms with Crippen molar-refractivity contribution in [1.82, 2.24) is 4.90 Å². The summed E-state index contributed by atoms with van der Waals surface area (Å²) in [7, 11) is 0. The number of halogens is 1. The smallest absolute Gasteiger partial charge is 0.326 e. The molecule has 0 unspecified atom stereocenters. The number of nitrogens with zero attached hydrogens (tertiary/aromatic N) is 2. The molecule has 1 saturated heterocycles. The van der Waals surface area contributed by atoms with E-state index in [9.17, 15) is 14.4 Å². The number of anilines is 2. The minimum absolute atomic E-state index is 0.130. The first kappa shape index (κ1) is 20.1. The molecule has 2 aromatic carbocycles. The van der Waals surface area contributed by atoms with Gasteiger partial charge in [-0.25, -0.2) is 9.69 Å². The minimum Gasteiger partial charge on any atom is -0.326 e. The van der Waals surface area contributed by atoms with Crippen molar-refractivity contribution in [2.24, 2.45) is 0 Å². The van der Waals surface area contributed by atoms with Crippen LogP contribution in [0.15, 0.2) is 72.1 Å². The molecular formula is C22H18ClN3O3S. The van der Waals surface area contributed by atoms with Crippen LogP contribution in [0.25, 0.3) is 0 Å². The second-order valence-electron chi connectivity index (χ2n) is 6.77. The number of thiophene rings is 1. The fourth-order valence-electron chi connectivity index (χ4n) is 3.32. The number of para-hydroxylation sites is 1. The van der Waals surface area contributed by atoms with E-state index in [1.54, 1.807) is 36.4 Å². The van der Waals surface area contributed by atoms with Gasteiger partial charge in [0.15, 0.2) is 0 Å². The SMILES string of the molecule is O=C(C[C@@H]1C(=O)N(c2ccc(Cl)cc2)C(=O)N1Cc1cccs1)Nc1ccccc1. The van der Waals surface area contributed by atoms with Crippen LogP contribution in [0.2, 0.25) is 5.02 Å². The third-order valence-corrected chi connectivity index (χ3v) is 5.86. The highest BCUT2D eigenvalue weighted by Crippen LogP contribution is 2.30. The number of amides is 4. The molecule has 0 radical (unpaired) electrons. The lowest BCUT2D eigenvalue weighted by molar-refractivity contribution is -0.124. The molecule has 1 aliphatic rings. The van der Waals surface area contributed by atoms with E-state index in [4.69, 9.17) is 11.6 Å². The highest BCUT2D eigenvalue weighted by atomic mass is 35.5. The predicted molar refractivity (Wildman–Crippen MR) is 118 cm³/mol. The molecule has 0 bridgehead atoms. The summed E-state index contributed by atoms with van der Waals surface area (Å²) in [6, 6.07) is 17.9. The number of rotatable bonds is 6. The summed E-state index contributed by atoms with van der Waals surface area (Å²) >= 11 is 7.43. The number of carbonyl (C=O) groups excluding carboxylic acids is 3. The molecule has 1 aliphatic heterocycles. The van der Waals surface area contributed by atoms with Gasteiger partial charge in [-0.1, -0.05) is 35.9 Å². The van der Waals surface area contributed by atoms with Gasteiger partial charge in [0.05, 0.1) is 18.7 Å². The Bertz CT molecular complexity index is 1060. The molecule has 1 aromatic heterocycles. The minimum atomic E-state index is -0.890. The van der Waals surface area contributed by atoms with Crippen LogP contribution in [0.4, 0.5) is 16.2 Å². The first-order valence-corrected chi connectivity index (χ1v) is 10.6. The van der Waals surface area contributed by atoms with Gasteiger partial charge in [-0.3, -0.25) is 9.59 Å². The number of carbonyl (C=O) groups is 3. The van der Waals surface area contributed by atoms with Crippen LogP contribution in [0.3, 0.4) is 0 Å². The van der Waals surface area contributed by atoms with Crippen molar-refractivity contribution in [3.8, 4) is 0 Å². The standard InChI is InChI=1S/C22H18ClN3O3S/c23-15-8-10-17(11-9-15)26-21(28)19(13-20(27)24-16-5-2-1-3-6-16)25(22(26)29)14-18-7-4-12-30-18/h1-12,19H,13-14H2,(H,24,27)/t19-/m1/s1. The average molecular weight is 440 g/mol. The van der Waals surface area contributed by atoms with Crippen LogP contribution in [0.5, 0.6) is 0 Å². The highest BCUT2D eigenvalue weighted by molar-refractivity contribution is 7.09. The van der Waals surface area contributed by atoms with Crippen LogP contribution in [0.1, 0.15) is 11.3 Å². The summed E-state index contributed by atoms with van der Waals surface area (Å²) in [6.45, 7) is 0.260. The Labute approximate surface area is 182 Å². The zero-order chi connectivity index (χ0) is 21.1. The Kier molecular flexibility index (Phi) is 5.83. The van der Waals surface area contributed by atoms with Gasteiger partial charge in [-0.2, -0.15) is 0 Å². The molecule has 4 rings (SSSR count). The Hall–Kier alpha value is -3.16. The molecule has 0 aliphatic carbocycles. The summed E-state index contributed by atoms with van der Waals surface area (Å²) in [5, 5.41) is 5.20. The lowest BCUT2D eigenvalue weighted by Crippen LogP contribution is -2.37. The van der Waals surface area contributed by atoms with Gasteiger partial charge < -0.3 is 10.2 Å². The zero-order valence-electron chi connectivity index (χ0n) is 15.8. The Balaban J connectivity index is 1.59. The summed E-state index contributed by atoms with van der Waals surface area (Å²) in [5.41, 5.74) is 1.06. The van der Waals surface area contributed by atoms with Crippen molar-refractivity contribution in [2.75, 3.05) is 10.2 Å². The molecule has 30 heavy (non-hydrogen) atoms. The maximum absolute atomic E-state index is 13.2. The van der Waals surface area contributed by atoms with E-state index in [-0.39, 0.29) is 18.9 Å². The Morgan fingerprint density at radius 1 is 1.00 bits per heavy atom. The monoisotopic (exact) mass is 439 g/mol. The molecule has 152 valence electrons. The van der Waals surface area contributed by atoms with Crippen molar-refractivity contribution in [1.29, 1.82) is 0 Å². The molecule has 4 amide bonds. The van der Waals surface area contributed by atoms with Gasteiger partial charge in [0.25, 0.3) is 5.91 Å². The fourth-order valence-corrected chi connectivity index (χ4v) is 4.15. The summed E-state index contributed by atoms with van der Waals surface area (Å²) < 4.78 is 0. The van der Waals surface area contributed by atoms with Crippen molar-refractivity contribution < 1.29 is 14.4 Å². The van der Waals surface area contributed by atoms with Gasteiger partial charge in [0.2, 0.25) is 5.91 Å². The van der Waals surface area contributed by atoms with E-state index in [1.807, 2.05) is 35.7 Å². The van der Waals surface area contributed by atoms with Gasteiger partial charge in [-0.05, 0) is 47.8 Å². The third-order valence-electron chi connectivity index (χ3n) is 4.75. The van der Waals surface area contributed by atoms with Gasteiger partial charge >= 0.3 is 6.03 Å². The topological polar surface area (TPSA) is 69.7 Å². The number of nitrogens with one attached hydrogen (secondary N) is 1. The Morgan fingerprint density at radius 2 is 1.73 bits per heavy atom. The van der Waals surface area contributed by atoms with Crippen molar-refractivity contribution in [3.05, 3.63) is 82.0 Å². The van der Waals surface area contributed by atoms with Crippen LogP contribution >= 0.6 is 22.9 Å². The number of hydrogen-bond donors (Lipinski definition) is 1. The summed E-state index contributed by atoms with van der Waals surface area (Å²) in [6.07, 6.45) is -0.130. The van der Waals surface area contributed by atoms with E-state index in [0.29, 0.717) is 16.4 Å². The maximum atomic E-state index is 13.2. The van der Waals surface area contributed by atoms with Gasteiger partial charge in [0.1, 0.15) is 6.04 Å². The second kappa shape index (κ2) is 8.69. The van der Waals surface area contributed by atoms with E-state index >= 15 is 0 Å². The van der Waals surface area contributed by atoms with E-state index in [0.717, 1.165) is 9.78 Å². The Morgan fingerprint density at radius 3 is 2.40 bits per heavy atom. The van der Waals surface area contributed by atoms with Crippen LogP contribution in [-0.4, -0.2) is 28.8 Å². The van der Waals surface area contributed by atoms with Crippen molar-refractivity contribution in [2.45, 2.75) is 19.0 Å². The molecule has 1 N–H and O–H groups in total. The molecule has 8 heteroatoms. The van der Waals surface area contributed by atoms with E-state index in [2.05, 4.69) is 5.32 Å². The normalized spacial score (nSPS) is 16.2. The van der Waals surface area contributed by atoms with Crippen LogP contribution in [0, 0.1) is 0 Å². The van der Waals surface area contributed by atoms with Crippen LogP contribution < -0.4 is 10.2 Å². The molecule has 2 heterocycles.